The molecule has 0 unspecified atom stereocenters. The van der Waals surface area contributed by atoms with E-state index in [-0.39, 0.29) is 48.6 Å². The van der Waals surface area contributed by atoms with E-state index in [0.717, 1.165) is 5.56 Å². The van der Waals surface area contributed by atoms with Gasteiger partial charge in [0.05, 0.1) is 19.6 Å². The number of aliphatic hydroxyl groups excluding tert-OH is 1. The zero-order valence-corrected chi connectivity index (χ0v) is 21.9. The lowest BCUT2D eigenvalue weighted by Crippen LogP contribution is -2.50. The molecule has 37 heavy (non-hydrogen) atoms. The van der Waals surface area contributed by atoms with Crippen LogP contribution in [0.5, 0.6) is 5.75 Å². The number of rotatable bonds is 7. The summed E-state index contributed by atoms with van der Waals surface area (Å²) in [5.41, 5.74) is 2.21. The zero-order valence-electron chi connectivity index (χ0n) is 21.1. The van der Waals surface area contributed by atoms with E-state index < -0.39 is 22.2 Å². The number of amides is 1. The molecule has 1 aliphatic rings. The minimum atomic E-state index is -3.97. The number of aromatic nitrogens is 3. The third kappa shape index (κ3) is 5.95. The fraction of sp³-hybridized carbons (Fsp3) is 0.385. The molecule has 1 amide bonds. The molecular formula is C26H31N5O5S. The molecule has 3 aromatic rings. The fourth-order valence-corrected chi connectivity index (χ4v) is 6.08. The molecule has 10 nitrogen and oxygen atoms in total. The van der Waals surface area contributed by atoms with Crippen LogP contribution in [0.25, 0.3) is 11.1 Å². The third-order valence-electron chi connectivity index (χ3n) is 6.52. The van der Waals surface area contributed by atoms with Crippen molar-refractivity contribution in [1.82, 2.24) is 24.2 Å². The van der Waals surface area contributed by atoms with Crippen LogP contribution >= 0.6 is 0 Å². The maximum Gasteiger partial charge on any atom is 0.247 e. The second kappa shape index (κ2) is 11.3. The molecule has 0 aliphatic carbocycles. The van der Waals surface area contributed by atoms with Crippen molar-refractivity contribution in [2.75, 3.05) is 26.7 Å². The van der Waals surface area contributed by atoms with Gasteiger partial charge in [-0.05, 0) is 36.2 Å². The first-order chi connectivity index (χ1) is 17.7. The van der Waals surface area contributed by atoms with Gasteiger partial charge in [-0.1, -0.05) is 19.1 Å². The highest BCUT2D eigenvalue weighted by Gasteiger charge is 2.38. The molecule has 4 rings (SSSR count). The Kier molecular flexibility index (Phi) is 8.16. The largest absolute Gasteiger partial charge is 0.487 e. The summed E-state index contributed by atoms with van der Waals surface area (Å²) >= 11 is 0. The van der Waals surface area contributed by atoms with Gasteiger partial charge in [0, 0.05) is 55.9 Å². The van der Waals surface area contributed by atoms with Crippen LogP contribution in [-0.4, -0.2) is 82.5 Å². The summed E-state index contributed by atoms with van der Waals surface area (Å²) in [6.07, 6.45) is 7.69. The molecule has 196 valence electrons. The molecular weight excluding hydrogens is 494 g/mol. The second-order valence-electron chi connectivity index (χ2n) is 9.34. The van der Waals surface area contributed by atoms with Gasteiger partial charge < -0.3 is 14.7 Å². The van der Waals surface area contributed by atoms with Gasteiger partial charge in [-0.2, -0.15) is 4.31 Å². The highest BCUT2D eigenvalue weighted by atomic mass is 32.2. The van der Waals surface area contributed by atoms with Crippen LogP contribution in [0.15, 0.2) is 66.3 Å². The number of likely N-dealkylation sites (N-methyl/N-ethyl adjacent to an activating group) is 1. The number of hydrogen-bond acceptors (Lipinski definition) is 8. The number of pyridine rings is 1. The van der Waals surface area contributed by atoms with Gasteiger partial charge in [-0.15, -0.1) is 0 Å². The molecule has 3 atom stereocenters. The normalized spacial score (nSPS) is 20.1. The van der Waals surface area contributed by atoms with E-state index >= 15 is 0 Å². The molecule has 0 fully saturated rings. The Morgan fingerprint density at radius 3 is 2.62 bits per heavy atom. The first kappa shape index (κ1) is 26.6. The van der Waals surface area contributed by atoms with Crippen LogP contribution in [0.1, 0.15) is 19.4 Å². The van der Waals surface area contributed by atoms with Crippen molar-refractivity contribution in [3.05, 3.63) is 67.0 Å². The molecule has 1 aromatic carbocycles. The zero-order chi connectivity index (χ0) is 26.6. The number of hydrogen-bond donors (Lipinski definition) is 1. The monoisotopic (exact) mass is 525 g/mol. The maximum absolute atomic E-state index is 13.7. The van der Waals surface area contributed by atoms with Crippen LogP contribution in [0.4, 0.5) is 0 Å². The lowest BCUT2D eigenvalue weighted by Gasteiger charge is -2.37. The molecule has 0 saturated heterocycles. The SMILES string of the molecule is C[C@H](CO)N1C[C@H](C)[C@H](CN(C)C(=O)Cc2cccnc2)Oc2cc(-c3cncnc3)ccc2S1(=O)=O. The van der Waals surface area contributed by atoms with Crippen LogP contribution in [-0.2, 0) is 21.2 Å². The Morgan fingerprint density at radius 2 is 1.95 bits per heavy atom. The van der Waals surface area contributed by atoms with Crippen molar-refractivity contribution >= 4 is 15.9 Å². The first-order valence-electron chi connectivity index (χ1n) is 12.0. The number of benzene rings is 1. The number of ether oxygens (including phenoxy) is 1. The summed E-state index contributed by atoms with van der Waals surface area (Å²) in [6.45, 7) is 3.61. The lowest BCUT2D eigenvalue weighted by molar-refractivity contribution is -0.130. The van der Waals surface area contributed by atoms with Crippen molar-refractivity contribution in [2.24, 2.45) is 5.92 Å². The van der Waals surface area contributed by atoms with Gasteiger partial charge >= 0.3 is 0 Å². The van der Waals surface area contributed by atoms with Gasteiger partial charge in [-0.25, -0.2) is 18.4 Å². The smallest absolute Gasteiger partial charge is 0.247 e. The van der Waals surface area contributed by atoms with Gasteiger partial charge in [0.25, 0.3) is 0 Å². The van der Waals surface area contributed by atoms with Crippen molar-refractivity contribution in [3.8, 4) is 16.9 Å². The number of aliphatic hydroxyl groups is 1. The fourth-order valence-electron chi connectivity index (χ4n) is 4.26. The molecule has 11 heteroatoms. The number of sulfonamides is 1. The van der Waals surface area contributed by atoms with E-state index in [2.05, 4.69) is 15.0 Å². The van der Waals surface area contributed by atoms with Crippen LogP contribution in [0.2, 0.25) is 0 Å². The molecule has 0 spiro atoms. The van der Waals surface area contributed by atoms with Gasteiger partial charge in [-0.3, -0.25) is 9.78 Å². The van der Waals surface area contributed by atoms with Crippen molar-refractivity contribution < 1.29 is 23.1 Å². The Bertz CT molecular complexity index is 1320. The summed E-state index contributed by atoms with van der Waals surface area (Å²) in [5.74, 6) is -0.204. The quantitative estimate of drug-likeness (QED) is 0.497. The summed E-state index contributed by atoms with van der Waals surface area (Å²) in [6, 6.07) is 7.85. The minimum Gasteiger partial charge on any atom is -0.487 e. The van der Waals surface area contributed by atoms with Gasteiger partial charge in [0.1, 0.15) is 23.1 Å². The number of fused-ring (bicyclic) bond motifs is 1. The average Bonchev–Trinajstić information content (AvgIpc) is 2.91. The van der Waals surface area contributed by atoms with Gasteiger partial charge in [0.15, 0.2) is 0 Å². The number of carbonyl (C=O) groups excluding carboxylic acids is 1. The summed E-state index contributed by atoms with van der Waals surface area (Å²) in [7, 11) is -2.26. The van der Waals surface area contributed by atoms with Crippen LogP contribution < -0.4 is 4.74 Å². The highest BCUT2D eigenvalue weighted by Crippen LogP contribution is 2.36. The topological polar surface area (TPSA) is 126 Å². The average molecular weight is 526 g/mol. The molecule has 0 radical (unpaired) electrons. The predicted octanol–water partition coefficient (Wildman–Crippen LogP) is 2.01. The van der Waals surface area contributed by atoms with Gasteiger partial charge in [0.2, 0.25) is 15.9 Å². The van der Waals surface area contributed by atoms with Crippen molar-refractivity contribution in [1.29, 1.82) is 0 Å². The van der Waals surface area contributed by atoms with Crippen molar-refractivity contribution in [3.63, 3.8) is 0 Å². The highest BCUT2D eigenvalue weighted by molar-refractivity contribution is 7.89. The Morgan fingerprint density at radius 1 is 1.19 bits per heavy atom. The second-order valence-corrected chi connectivity index (χ2v) is 11.2. The Balaban J connectivity index is 1.69. The molecule has 0 saturated carbocycles. The Labute approximate surface area is 217 Å². The van der Waals surface area contributed by atoms with E-state index in [1.807, 2.05) is 13.0 Å². The van der Waals surface area contributed by atoms with Crippen LogP contribution in [0, 0.1) is 5.92 Å². The summed E-state index contributed by atoms with van der Waals surface area (Å²) in [4.78, 5) is 26.7. The summed E-state index contributed by atoms with van der Waals surface area (Å²) < 4.78 is 35.0. The number of carbonyl (C=O) groups is 1. The molecule has 2 aromatic heterocycles. The molecule has 1 N–H and O–H groups in total. The van der Waals surface area contributed by atoms with E-state index in [0.29, 0.717) is 11.1 Å². The van der Waals surface area contributed by atoms with Crippen LogP contribution in [0.3, 0.4) is 0 Å². The molecule has 1 aliphatic heterocycles. The maximum atomic E-state index is 13.7. The predicted molar refractivity (Wildman–Crippen MR) is 137 cm³/mol. The summed E-state index contributed by atoms with van der Waals surface area (Å²) in [5, 5.41) is 9.82. The van der Waals surface area contributed by atoms with Crippen molar-refractivity contribution in [2.45, 2.75) is 37.3 Å². The number of nitrogens with zero attached hydrogens (tertiary/aromatic N) is 5. The molecule has 0 bridgehead atoms. The Hall–Kier alpha value is -3.41. The van der Waals surface area contributed by atoms with E-state index in [1.165, 1.54) is 16.7 Å². The minimum absolute atomic E-state index is 0.00893. The third-order valence-corrected chi connectivity index (χ3v) is 8.54. The van der Waals surface area contributed by atoms with E-state index in [1.54, 1.807) is 61.9 Å². The van der Waals surface area contributed by atoms with E-state index in [9.17, 15) is 18.3 Å². The lowest BCUT2D eigenvalue weighted by atomic mass is 10.0. The molecule has 3 heterocycles. The van der Waals surface area contributed by atoms with E-state index in [4.69, 9.17) is 4.74 Å². The first-order valence-corrected chi connectivity index (χ1v) is 13.5. The standard InChI is InChI=1S/C26H31N5O5S/c1-18-14-31(19(2)16-32)37(34,35)25-7-6-21(22-12-28-17-29-13-22)10-23(25)36-24(18)15-30(3)26(33)9-20-5-4-8-27-11-20/h4-8,10-13,17-19,24,32H,9,14-16H2,1-3H3/t18-,19+,24-/m0/s1.